The quantitative estimate of drug-likeness (QED) is 0.648. The van der Waals surface area contributed by atoms with Gasteiger partial charge in [-0.05, 0) is 68.9 Å². The van der Waals surface area contributed by atoms with Gasteiger partial charge in [0, 0.05) is 29.4 Å². The van der Waals surface area contributed by atoms with Crippen molar-refractivity contribution in [3.8, 4) is 0 Å². The summed E-state index contributed by atoms with van der Waals surface area (Å²) < 4.78 is 5.42. The Balaban J connectivity index is 1.86. The van der Waals surface area contributed by atoms with Gasteiger partial charge >= 0.3 is 0 Å². The van der Waals surface area contributed by atoms with E-state index in [1.54, 1.807) is 0 Å². The summed E-state index contributed by atoms with van der Waals surface area (Å²) >= 11 is 6.17. The fourth-order valence-electron chi connectivity index (χ4n) is 3.94. The highest BCUT2D eigenvalue weighted by Crippen LogP contribution is 2.29. The third-order valence-corrected chi connectivity index (χ3v) is 5.99. The molecule has 150 valence electrons. The number of rotatable bonds is 7. The summed E-state index contributed by atoms with van der Waals surface area (Å²) in [6.45, 7) is 5.35. The second kappa shape index (κ2) is 9.08. The van der Waals surface area contributed by atoms with Gasteiger partial charge in [0.05, 0.1) is 18.8 Å². The third kappa shape index (κ3) is 4.40. The normalized spacial score (nSPS) is 16.8. The van der Waals surface area contributed by atoms with Gasteiger partial charge in [-0.3, -0.25) is 9.69 Å². The molecule has 4 nitrogen and oxygen atoms in total. The molecule has 1 saturated heterocycles. The van der Waals surface area contributed by atoms with Crippen molar-refractivity contribution in [2.45, 2.75) is 25.3 Å². The monoisotopic (exact) mass is 400 g/mol. The summed E-state index contributed by atoms with van der Waals surface area (Å²) in [5.74, 6) is 0.147. The maximum atomic E-state index is 13.6. The van der Waals surface area contributed by atoms with E-state index in [1.807, 2.05) is 67.5 Å². The minimum atomic E-state index is -0.606. The molecule has 1 aliphatic rings. The van der Waals surface area contributed by atoms with Gasteiger partial charge in [-0.1, -0.05) is 30.7 Å². The van der Waals surface area contributed by atoms with Crippen molar-refractivity contribution in [3.05, 3.63) is 64.7 Å². The Kier molecular flexibility index (Phi) is 6.76. The predicted molar refractivity (Wildman–Crippen MR) is 116 cm³/mol. The van der Waals surface area contributed by atoms with Crippen LogP contribution in [0.5, 0.6) is 0 Å². The van der Waals surface area contributed by atoms with Crippen molar-refractivity contribution in [3.63, 3.8) is 0 Å². The highest BCUT2D eigenvalue weighted by atomic mass is 35.5. The number of carbonyl (C=O) groups is 1. The van der Waals surface area contributed by atoms with Crippen LogP contribution >= 0.6 is 11.6 Å². The number of hydrogen-bond donors (Lipinski definition) is 0. The molecule has 28 heavy (non-hydrogen) atoms. The summed E-state index contributed by atoms with van der Waals surface area (Å²) in [6, 6.07) is 15.8. The van der Waals surface area contributed by atoms with Gasteiger partial charge in [-0.2, -0.15) is 0 Å². The molecule has 2 aromatic rings. The van der Waals surface area contributed by atoms with Crippen molar-refractivity contribution in [1.82, 2.24) is 4.90 Å². The Labute approximate surface area is 173 Å². The SMILES string of the molecule is CCC(Cc1cccc(Cl)c1)(C(=O)c1ccc(N2CCOCC2)cc1)N(C)C. The lowest BCUT2D eigenvalue weighted by Gasteiger charge is -2.38. The number of nitrogens with zero attached hydrogens (tertiary/aromatic N) is 2. The van der Waals surface area contributed by atoms with E-state index in [0.29, 0.717) is 11.4 Å². The van der Waals surface area contributed by atoms with Crippen LogP contribution in [0.1, 0.15) is 29.3 Å². The van der Waals surface area contributed by atoms with Gasteiger partial charge in [0.15, 0.2) is 5.78 Å². The first-order valence-electron chi connectivity index (χ1n) is 9.86. The second-order valence-corrected chi connectivity index (χ2v) is 8.00. The molecule has 0 bridgehead atoms. The van der Waals surface area contributed by atoms with Crippen LogP contribution in [-0.4, -0.2) is 56.6 Å². The van der Waals surface area contributed by atoms with Gasteiger partial charge < -0.3 is 9.64 Å². The second-order valence-electron chi connectivity index (χ2n) is 7.56. The molecular weight excluding hydrogens is 372 g/mol. The van der Waals surface area contributed by atoms with Gasteiger partial charge in [-0.25, -0.2) is 0 Å². The molecule has 5 heteroatoms. The standard InChI is InChI=1S/C23H29ClN2O2/c1-4-23(25(2)3,17-18-6-5-7-20(24)16-18)22(27)19-8-10-21(11-9-19)26-12-14-28-15-13-26/h5-11,16H,4,12-15,17H2,1-3H3. The number of ether oxygens (including phenoxy) is 1. The topological polar surface area (TPSA) is 32.8 Å². The minimum Gasteiger partial charge on any atom is -0.378 e. The van der Waals surface area contributed by atoms with Crippen LogP contribution in [0, 0.1) is 0 Å². The van der Waals surface area contributed by atoms with Crippen LogP contribution in [0.4, 0.5) is 5.69 Å². The van der Waals surface area contributed by atoms with Gasteiger partial charge in [0.2, 0.25) is 0 Å². The average molecular weight is 401 g/mol. The molecule has 0 aliphatic carbocycles. The van der Waals surface area contributed by atoms with Crippen molar-refractivity contribution in [2.24, 2.45) is 0 Å². The fraction of sp³-hybridized carbons (Fsp3) is 0.435. The van der Waals surface area contributed by atoms with Crippen LogP contribution in [0.2, 0.25) is 5.02 Å². The molecular formula is C23H29ClN2O2. The largest absolute Gasteiger partial charge is 0.378 e. The minimum absolute atomic E-state index is 0.147. The van der Waals surface area contributed by atoms with Crippen molar-refractivity contribution in [2.75, 3.05) is 45.3 Å². The summed E-state index contributed by atoms with van der Waals surface area (Å²) in [5.41, 5.74) is 2.35. The van der Waals surface area contributed by atoms with Crippen molar-refractivity contribution < 1.29 is 9.53 Å². The predicted octanol–water partition coefficient (Wildman–Crippen LogP) is 4.31. The van der Waals surface area contributed by atoms with E-state index in [0.717, 1.165) is 49.5 Å². The lowest BCUT2D eigenvalue weighted by molar-refractivity contribution is 0.0666. The smallest absolute Gasteiger partial charge is 0.183 e. The number of halogens is 1. The van der Waals surface area contributed by atoms with Crippen LogP contribution in [0.3, 0.4) is 0 Å². The van der Waals surface area contributed by atoms with Gasteiger partial charge in [-0.15, -0.1) is 0 Å². The Hall–Kier alpha value is -1.88. The molecule has 0 N–H and O–H groups in total. The van der Waals surface area contributed by atoms with E-state index >= 15 is 0 Å². The van der Waals surface area contributed by atoms with E-state index in [9.17, 15) is 4.79 Å². The molecule has 0 aromatic heterocycles. The molecule has 3 rings (SSSR count). The Morgan fingerprint density at radius 2 is 1.82 bits per heavy atom. The van der Waals surface area contributed by atoms with Crippen LogP contribution < -0.4 is 4.90 Å². The lowest BCUT2D eigenvalue weighted by atomic mass is 9.80. The molecule has 0 spiro atoms. The molecule has 1 heterocycles. The maximum absolute atomic E-state index is 13.6. The molecule has 2 aromatic carbocycles. The summed E-state index contributed by atoms with van der Waals surface area (Å²) in [7, 11) is 3.96. The van der Waals surface area contributed by atoms with Crippen LogP contribution in [-0.2, 0) is 11.2 Å². The zero-order valence-corrected chi connectivity index (χ0v) is 17.7. The number of carbonyl (C=O) groups excluding carboxylic acids is 1. The first-order valence-corrected chi connectivity index (χ1v) is 10.2. The number of ketones is 1. The summed E-state index contributed by atoms with van der Waals surface area (Å²) in [4.78, 5) is 18.0. The van der Waals surface area contributed by atoms with Crippen LogP contribution in [0.25, 0.3) is 0 Å². The molecule has 0 radical (unpaired) electrons. The zero-order chi connectivity index (χ0) is 20.1. The Morgan fingerprint density at radius 1 is 1.14 bits per heavy atom. The van der Waals surface area contributed by atoms with E-state index in [4.69, 9.17) is 16.3 Å². The molecule has 1 unspecified atom stereocenters. The highest BCUT2D eigenvalue weighted by molar-refractivity contribution is 6.30. The van der Waals surface area contributed by atoms with E-state index in [2.05, 4.69) is 11.8 Å². The van der Waals surface area contributed by atoms with Crippen LogP contribution in [0.15, 0.2) is 48.5 Å². The molecule has 1 atom stereocenters. The molecule has 0 saturated carbocycles. The average Bonchev–Trinajstić information content (AvgIpc) is 2.72. The van der Waals surface area contributed by atoms with Gasteiger partial charge in [0.1, 0.15) is 0 Å². The number of likely N-dealkylation sites (N-methyl/N-ethyl adjacent to an activating group) is 1. The van der Waals surface area contributed by atoms with E-state index in [1.165, 1.54) is 0 Å². The third-order valence-electron chi connectivity index (χ3n) is 5.75. The lowest BCUT2D eigenvalue weighted by Crippen LogP contribution is -2.52. The van der Waals surface area contributed by atoms with Crippen molar-refractivity contribution in [1.29, 1.82) is 0 Å². The first-order chi connectivity index (χ1) is 13.5. The number of anilines is 1. The number of benzene rings is 2. The number of morpholine rings is 1. The molecule has 0 amide bonds. The van der Waals surface area contributed by atoms with E-state index in [-0.39, 0.29) is 5.78 Å². The summed E-state index contributed by atoms with van der Waals surface area (Å²) in [5, 5.41) is 0.698. The van der Waals surface area contributed by atoms with Gasteiger partial charge in [0.25, 0.3) is 0 Å². The summed E-state index contributed by atoms with van der Waals surface area (Å²) in [6.07, 6.45) is 1.34. The highest BCUT2D eigenvalue weighted by Gasteiger charge is 2.39. The first kappa shape index (κ1) is 20.8. The fourth-order valence-corrected chi connectivity index (χ4v) is 4.15. The number of hydrogen-bond acceptors (Lipinski definition) is 4. The number of Topliss-reactive ketones (excluding diaryl/α,β-unsaturated/α-hetero) is 1. The van der Waals surface area contributed by atoms with Crippen molar-refractivity contribution >= 4 is 23.1 Å². The Bertz CT molecular complexity index is 801. The molecule has 1 aliphatic heterocycles. The van der Waals surface area contributed by atoms with E-state index < -0.39 is 5.54 Å². The Morgan fingerprint density at radius 3 is 2.39 bits per heavy atom. The maximum Gasteiger partial charge on any atom is 0.183 e. The molecule has 1 fully saturated rings. The zero-order valence-electron chi connectivity index (χ0n) is 17.0.